The van der Waals surface area contributed by atoms with E-state index < -0.39 is 0 Å². The zero-order chi connectivity index (χ0) is 13.2. The van der Waals surface area contributed by atoms with Crippen LogP contribution in [0, 0.1) is 0 Å². The Morgan fingerprint density at radius 3 is 2.56 bits per heavy atom. The molecule has 3 heteroatoms. The van der Waals surface area contributed by atoms with Crippen molar-refractivity contribution >= 4 is 0 Å². The highest BCUT2D eigenvalue weighted by atomic mass is 15.3. The lowest BCUT2D eigenvalue weighted by Crippen LogP contribution is -2.66. The Hall–Kier alpha value is -0.930. The summed E-state index contributed by atoms with van der Waals surface area (Å²) in [5, 5.41) is 3.70. The summed E-state index contributed by atoms with van der Waals surface area (Å²) >= 11 is 0. The molecule has 0 radical (unpaired) electrons. The topological polar surface area (TPSA) is 28.2 Å². The highest BCUT2D eigenvalue weighted by Gasteiger charge is 2.38. The maximum absolute atomic E-state index is 4.09. The second kappa shape index (κ2) is 4.98. The van der Waals surface area contributed by atoms with E-state index in [1.54, 1.807) is 0 Å². The number of hydrogen-bond acceptors (Lipinski definition) is 3. The van der Waals surface area contributed by atoms with Crippen molar-refractivity contribution in [3.05, 3.63) is 30.1 Å². The molecule has 1 aliphatic heterocycles. The van der Waals surface area contributed by atoms with Crippen molar-refractivity contribution in [1.82, 2.24) is 15.2 Å². The fourth-order valence-corrected chi connectivity index (χ4v) is 2.45. The molecule has 1 aliphatic rings. The van der Waals surface area contributed by atoms with Gasteiger partial charge in [-0.1, -0.05) is 6.92 Å². The van der Waals surface area contributed by atoms with Crippen LogP contribution in [-0.4, -0.2) is 34.1 Å². The highest BCUT2D eigenvalue weighted by Crippen LogP contribution is 2.27. The van der Waals surface area contributed by atoms with Gasteiger partial charge in [0.2, 0.25) is 0 Å². The third kappa shape index (κ3) is 2.90. The fraction of sp³-hybridized carbons (Fsp3) is 0.667. The first-order chi connectivity index (χ1) is 8.45. The van der Waals surface area contributed by atoms with Gasteiger partial charge >= 0.3 is 0 Å². The monoisotopic (exact) mass is 247 g/mol. The van der Waals surface area contributed by atoms with E-state index in [1.165, 1.54) is 5.56 Å². The highest BCUT2D eigenvalue weighted by molar-refractivity contribution is 5.11. The standard InChI is InChI=1S/C15H25N3/c1-5-15(4)12-18(14(2,3)11-17-15)10-13-6-8-16-9-7-13/h6-9,17H,5,10-12H2,1-4H3. The van der Waals surface area contributed by atoms with E-state index in [1.807, 2.05) is 12.4 Å². The van der Waals surface area contributed by atoms with Gasteiger partial charge in [-0.2, -0.15) is 0 Å². The molecule has 1 saturated heterocycles. The summed E-state index contributed by atoms with van der Waals surface area (Å²) in [4.78, 5) is 6.67. The summed E-state index contributed by atoms with van der Waals surface area (Å²) in [5.74, 6) is 0. The van der Waals surface area contributed by atoms with E-state index in [4.69, 9.17) is 0 Å². The first-order valence-corrected chi connectivity index (χ1v) is 6.84. The van der Waals surface area contributed by atoms with E-state index in [2.05, 4.69) is 55.0 Å². The number of nitrogens with one attached hydrogen (secondary N) is 1. The smallest absolute Gasteiger partial charge is 0.0282 e. The van der Waals surface area contributed by atoms with E-state index in [0.29, 0.717) is 0 Å². The van der Waals surface area contributed by atoms with Crippen molar-refractivity contribution in [1.29, 1.82) is 0 Å². The molecule has 1 fully saturated rings. The van der Waals surface area contributed by atoms with Crippen LogP contribution in [0.3, 0.4) is 0 Å². The third-order valence-corrected chi connectivity index (χ3v) is 4.25. The van der Waals surface area contributed by atoms with Crippen LogP contribution in [0.4, 0.5) is 0 Å². The number of nitrogens with zero attached hydrogens (tertiary/aromatic N) is 2. The van der Waals surface area contributed by atoms with Gasteiger partial charge in [0, 0.05) is 43.1 Å². The van der Waals surface area contributed by atoms with Crippen LogP contribution in [-0.2, 0) is 6.54 Å². The van der Waals surface area contributed by atoms with Crippen LogP contribution in [0.5, 0.6) is 0 Å². The van der Waals surface area contributed by atoms with Crippen molar-refractivity contribution < 1.29 is 0 Å². The van der Waals surface area contributed by atoms with E-state index in [-0.39, 0.29) is 11.1 Å². The van der Waals surface area contributed by atoms with Gasteiger partial charge in [0.15, 0.2) is 0 Å². The minimum absolute atomic E-state index is 0.206. The molecule has 0 saturated carbocycles. The van der Waals surface area contributed by atoms with Crippen LogP contribution in [0.25, 0.3) is 0 Å². The molecule has 1 aromatic rings. The summed E-state index contributed by atoms with van der Waals surface area (Å²) in [7, 11) is 0. The molecule has 1 atom stereocenters. The van der Waals surface area contributed by atoms with Gasteiger partial charge < -0.3 is 5.32 Å². The first-order valence-electron chi connectivity index (χ1n) is 6.84. The van der Waals surface area contributed by atoms with Gasteiger partial charge in [0.25, 0.3) is 0 Å². The predicted molar refractivity (Wildman–Crippen MR) is 75.4 cm³/mol. The summed E-state index contributed by atoms with van der Waals surface area (Å²) in [6, 6.07) is 4.22. The number of hydrogen-bond donors (Lipinski definition) is 1. The zero-order valence-electron chi connectivity index (χ0n) is 12.0. The fourth-order valence-electron chi connectivity index (χ4n) is 2.45. The molecule has 3 nitrogen and oxygen atoms in total. The number of rotatable bonds is 3. The Bertz CT molecular complexity index is 388. The lowest BCUT2D eigenvalue weighted by Gasteiger charge is -2.50. The van der Waals surface area contributed by atoms with Gasteiger partial charge in [-0.05, 0) is 44.9 Å². The van der Waals surface area contributed by atoms with Gasteiger partial charge in [0.05, 0.1) is 0 Å². The normalized spacial score (nSPS) is 28.2. The molecule has 1 aromatic heterocycles. The Kier molecular flexibility index (Phi) is 3.74. The van der Waals surface area contributed by atoms with Gasteiger partial charge in [0.1, 0.15) is 0 Å². The van der Waals surface area contributed by atoms with Crippen molar-refractivity contribution in [2.24, 2.45) is 0 Å². The average molecular weight is 247 g/mol. The summed E-state index contributed by atoms with van der Waals surface area (Å²) in [6.45, 7) is 12.4. The largest absolute Gasteiger partial charge is 0.308 e. The second-order valence-corrected chi connectivity index (χ2v) is 6.29. The van der Waals surface area contributed by atoms with Crippen molar-refractivity contribution in [2.75, 3.05) is 13.1 Å². The molecule has 1 N–H and O–H groups in total. The molecule has 1 unspecified atom stereocenters. The minimum atomic E-state index is 0.206. The summed E-state index contributed by atoms with van der Waals surface area (Å²) in [5.41, 5.74) is 1.79. The molecule has 0 aliphatic carbocycles. The first kappa shape index (κ1) is 13.5. The Morgan fingerprint density at radius 1 is 1.28 bits per heavy atom. The lowest BCUT2D eigenvalue weighted by atomic mass is 9.88. The third-order valence-electron chi connectivity index (χ3n) is 4.25. The van der Waals surface area contributed by atoms with E-state index in [9.17, 15) is 0 Å². The van der Waals surface area contributed by atoms with Gasteiger partial charge in [-0.15, -0.1) is 0 Å². The Balaban J connectivity index is 2.13. The molecule has 0 amide bonds. The predicted octanol–water partition coefficient (Wildman–Crippen LogP) is 2.43. The minimum Gasteiger partial charge on any atom is -0.308 e. The molecular weight excluding hydrogens is 222 g/mol. The van der Waals surface area contributed by atoms with Crippen LogP contribution in [0.1, 0.15) is 39.7 Å². The maximum atomic E-state index is 4.09. The average Bonchev–Trinajstić information content (AvgIpc) is 2.36. The molecule has 0 bridgehead atoms. The zero-order valence-corrected chi connectivity index (χ0v) is 12.0. The Labute approximate surface area is 111 Å². The molecule has 18 heavy (non-hydrogen) atoms. The molecule has 0 spiro atoms. The maximum Gasteiger partial charge on any atom is 0.0282 e. The molecule has 2 heterocycles. The molecule has 2 rings (SSSR count). The summed E-state index contributed by atoms with van der Waals surface area (Å²) < 4.78 is 0. The van der Waals surface area contributed by atoms with Gasteiger partial charge in [-0.25, -0.2) is 0 Å². The molecule has 0 aromatic carbocycles. The molecular formula is C15H25N3. The van der Waals surface area contributed by atoms with Crippen LogP contribution >= 0.6 is 0 Å². The van der Waals surface area contributed by atoms with Gasteiger partial charge in [-0.3, -0.25) is 9.88 Å². The number of pyridine rings is 1. The SMILES string of the molecule is CCC1(C)CN(Cc2ccncc2)C(C)(C)CN1. The van der Waals surface area contributed by atoms with Crippen molar-refractivity contribution in [2.45, 2.75) is 51.7 Å². The number of piperazine rings is 1. The molecule has 100 valence electrons. The lowest BCUT2D eigenvalue weighted by molar-refractivity contribution is 0.0246. The van der Waals surface area contributed by atoms with Crippen molar-refractivity contribution in [3.8, 4) is 0 Å². The number of aromatic nitrogens is 1. The van der Waals surface area contributed by atoms with Crippen LogP contribution < -0.4 is 5.32 Å². The van der Waals surface area contributed by atoms with E-state index in [0.717, 1.165) is 26.1 Å². The van der Waals surface area contributed by atoms with E-state index >= 15 is 0 Å². The summed E-state index contributed by atoms with van der Waals surface area (Å²) in [6.07, 6.45) is 4.92. The van der Waals surface area contributed by atoms with Crippen LogP contribution in [0.2, 0.25) is 0 Å². The second-order valence-electron chi connectivity index (χ2n) is 6.29. The Morgan fingerprint density at radius 2 is 1.94 bits per heavy atom. The van der Waals surface area contributed by atoms with Crippen LogP contribution in [0.15, 0.2) is 24.5 Å². The van der Waals surface area contributed by atoms with Crippen molar-refractivity contribution in [3.63, 3.8) is 0 Å². The quantitative estimate of drug-likeness (QED) is 0.889.